The van der Waals surface area contributed by atoms with Gasteiger partial charge in [-0.15, -0.1) is 0 Å². The summed E-state index contributed by atoms with van der Waals surface area (Å²) < 4.78 is 0. The first-order valence-corrected chi connectivity index (χ1v) is 13.0. The number of nitrogens with one attached hydrogen (secondary N) is 2. The summed E-state index contributed by atoms with van der Waals surface area (Å²) in [4.78, 5) is 13.3. The van der Waals surface area contributed by atoms with Gasteiger partial charge in [0, 0.05) is 6.54 Å². The molecule has 0 heterocycles. The maximum absolute atomic E-state index is 13.3. The van der Waals surface area contributed by atoms with Gasteiger partial charge in [-0.25, -0.2) is 0 Å². The average Bonchev–Trinajstić information content (AvgIpc) is 2.90. The Labute approximate surface area is 216 Å². The van der Waals surface area contributed by atoms with E-state index in [0.717, 1.165) is 23.1 Å². The van der Waals surface area contributed by atoms with Crippen LogP contribution in [0.15, 0.2) is 91.0 Å². The Kier molecular flexibility index (Phi) is 9.85. The van der Waals surface area contributed by atoms with E-state index in [4.69, 9.17) is 0 Å². The smallest absolute Gasteiger partial charge is 0.237 e. The van der Waals surface area contributed by atoms with Crippen LogP contribution >= 0.6 is 0 Å². The molecule has 2 N–H and O–H groups in total. The Hall–Kier alpha value is -3.42. The van der Waals surface area contributed by atoms with Crippen molar-refractivity contribution in [1.29, 1.82) is 5.26 Å². The minimum absolute atomic E-state index is 0.00585. The van der Waals surface area contributed by atoms with Crippen LogP contribution in [-0.4, -0.2) is 18.5 Å². The Morgan fingerprint density at radius 1 is 0.833 bits per heavy atom. The van der Waals surface area contributed by atoms with Gasteiger partial charge in [0.15, 0.2) is 0 Å². The maximum atomic E-state index is 13.3. The first-order chi connectivity index (χ1) is 17.4. The minimum atomic E-state index is -0.562. The summed E-state index contributed by atoms with van der Waals surface area (Å²) in [6.45, 7) is 8.87. The van der Waals surface area contributed by atoms with Gasteiger partial charge in [0.2, 0.25) is 5.91 Å². The van der Waals surface area contributed by atoms with Crippen molar-refractivity contribution >= 4 is 5.91 Å². The fourth-order valence-electron chi connectivity index (χ4n) is 4.87. The lowest BCUT2D eigenvalue weighted by atomic mass is 9.70. The van der Waals surface area contributed by atoms with E-state index in [1.54, 1.807) is 0 Å². The fourth-order valence-corrected chi connectivity index (χ4v) is 4.87. The zero-order valence-corrected chi connectivity index (χ0v) is 21.9. The molecule has 1 unspecified atom stereocenters. The normalized spacial score (nSPS) is 13.8. The highest BCUT2D eigenvalue weighted by atomic mass is 16.2. The monoisotopic (exact) mass is 481 g/mol. The lowest BCUT2D eigenvalue weighted by Crippen LogP contribution is -2.49. The van der Waals surface area contributed by atoms with Crippen LogP contribution in [-0.2, 0) is 10.2 Å². The van der Waals surface area contributed by atoms with Crippen LogP contribution in [0.2, 0.25) is 0 Å². The van der Waals surface area contributed by atoms with E-state index in [0.29, 0.717) is 13.0 Å². The van der Waals surface area contributed by atoms with Gasteiger partial charge in [-0.3, -0.25) is 10.1 Å². The third-order valence-electron chi connectivity index (χ3n) is 7.08. The molecule has 0 fully saturated rings. The van der Waals surface area contributed by atoms with Crippen LogP contribution in [0.1, 0.15) is 63.3 Å². The molecule has 188 valence electrons. The van der Waals surface area contributed by atoms with Gasteiger partial charge in [-0.1, -0.05) is 119 Å². The van der Waals surface area contributed by atoms with E-state index in [1.165, 1.54) is 0 Å². The Morgan fingerprint density at radius 3 is 1.78 bits per heavy atom. The quantitative estimate of drug-likeness (QED) is 0.294. The van der Waals surface area contributed by atoms with Crippen LogP contribution in [0.3, 0.4) is 0 Å². The molecule has 0 saturated heterocycles. The summed E-state index contributed by atoms with van der Waals surface area (Å²) in [5.74, 6) is 0.273. The zero-order valence-electron chi connectivity index (χ0n) is 21.9. The fraction of sp³-hybridized carbons (Fsp3) is 0.375. The molecule has 0 spiro atoms. The number of rotatable bonds is 12. The molecule has 3 rings (SSSR count). The van der Waals surface area contributed by atoms with Crippen LogP contribution in [0.4, 0.5) is 0 Å². The molecule has 0 radical (unpaired) electrons. The number of hydrogen-bond acceptors (Lipinski definition) is 3. The van der Waals surface area contributed by atoms with E-state index in [1.807, 2.05) is 66.7 Å². The highest BCUT2D eigenvalue weighted by Gasteiger charge is 2.35. The van der Waals surface area contributed by atoms with E-state index < -0.39 is 5.41 Å². The number of carbonyl (C=O) groups excluding carboxylic acids is 1. The molecule has 0 aromatic heterocycles. The Morgan fingerprint density at radius 2 is 1.33 bits per heavy atom. The van der Waals surface area contributed by atoms with Gasteiger partial charge in [-0.2, -0.15) is 5.26 Å². The number of amides is 1. The van der Waals surface area contributed by atoms with Crippen LogP contribution in [0.5, 0.6) is 0 Å². The third-order valence-corrected chi connectivity index (χ3v) is 7.08. The molecule has 0 aliphatic rings. The number of carbonyl (C=O) groups is 1. The molecule has 2 atom stereocenters. The van der Waals surface area contributed by atoms with Gasteiger partial charge in [0.05, 0.1) is 23.6 Å². The summed E-state index contributed by atoms with van der Waals surface area (Å²) in [5.41, 5.74) is 2.73. The second-order valence-corrected chi connectivity index (χ2v) is 10.1. The summed E-state index contributed by atoms with van der Waals surface area (Å²) >= 11 is 0. The van der Waals surface area contributed by atoms with Crippen molar-refractivity contribution in [1.82, 2.24) is 10.6 Å². The topological polar surface area (TPSA) is 64.9 Å². The SMILES string of the molecule is CC(C)[C@@H](NC(c1ccccc1)c1ccccc1)C(=O)NCCCC(C#N)(c1ccccc1)C(C)C. The van der Waals surface area contributed by atoms with Gasteiger partial charge in [0.25, 0.3) is 0 Å². The van der Waals surface area contributed by atoms with E-state index in [-0.39, 0.29) is 29.8 Å². The standard InChI is InChI=1S/C32H39N3O/c1-24(2)29(35-30(26-15-8-5-9-16-26)27-17-10-6-11-18-27)31(36)34-22-14-21-32(23-33,25(3)4)28-19-12-7-13-20-28/h5-13,15-20,24-25,29-30,35H,14,21-22H2,1-4H3,(H,34,36)/t29-,32?/m1/s1. The summed E-state index contributed by atoms with van der Waals surface area (Å²) in [6, 6.07) is 32.7. The number of hydrogen-bond donors (Lipinski definition) is 2. The Balaban J connectivity index is 1.69. The summed E-state index contributed by atoms with van der Waals surface area (Å²) in [7, 11) is 0. The van der Waals surface area contributed by atoms with E-state index >= 15 is 0 Å². The molecule has 4 nitrogen and oxygen atoms in total. The largest absolute Gasteiger partial charge is 0.355 e. The second kappa shape index (κ2) is 13.0. The highest BCUT2D eigenvalue weighted by molar-refractivity contribution is 5.82. The van der Waals surface area contributed by atoms with Crippen molar-refractivity contribution in [3.05, 3.63) is 108 Å². The van der Waals surface area contributed by atoms with Gasteiger partial charge in [-0.05, 0) is 41.4 Å². The predicted molar refractivity (Wildman–Crippen MR) is 147 cm³/mol. The summed E-state index contributed by atoms with van der Waals surface area (Å²) in [5, 5.41) is 16.9. The number of benzene rings is 3. The highest BCUT2D eigenvalue weighted by Crippen LogP contribution is 2.36. The molecule has 0 bridgehead atoms. The van der Waals surface area contributed by atoms with Gasteiger partial charge < -0.3 is 5.32 Å². The molecule has 0 aliphatic carbocycles. The number of nitriles is 1. The Bertz CT molecular complexity index is 1070. The molecule has 3 aromatic rings. The minimum Gasteiger partial charge on any atom is -0.355 e. The van der Waals surface area contributed by atoms with E-state index in [9.17, 15) is 10.1 Å². The maximum Gasteiger partial charge on any atom is 0.237 e. The van der Waals surface area contributed by atoms with Crippen molar-refractivity contribution in [3.63, 3.8) is 0 Å². The van der Waals surface area contributed by atoms with Crippen molar-refractivity contribution in [2.24, 2.45) is 11.8 Å². The van der Waals surface area contributed by atoms with Crippen LogP contribution < -0.4 is 10.6 Å². The molecular weight excluding hydrogens is 442 g/mol. The molecule has 4 heteroatoms. The molecule has 0 aliphatic heterocycles. The molecule has 36 heavy (non-hydrogen) atoms. The predicted octanol–water partition coefficient (Wildman–Crippen LogP) is 6.40. The first kappa shape index (κ1) is 27.2. The molecular formula is C32H39N3O. The van der Waals surface area contributed by atoms with Crippen LogP contribution in [0, 0.1) is 23.2 Å². The van der Waals surface area contributed by atoms with Crippen molar-refractivity contribution in [2.75, 3.05) is 6.54 Å². The van der Waals surface area contributed by atoms with E-state index in [2.05, 4.69) is 68.7 Å². The van der Waals surface area contributed by atoms with Crippen molar-refractivity contribution in [3.8, 4) is 6.07 Å². The zero-order chi connectivity index (χ0) is 26.0. The molecule has 1 amide bonds. The van der Waals surface area contributed by atoms with Crippen LogP contribution in [0.25, 0.3) is 0 Å². The number of nitrogens with zero attached hydrogens (tertiary/aromatic N) is 1. The average molecular weight is 482 g/mol. The lowest BCUT2D eigenvalue weighted by Gasteiger charge is -2.32. The third kappa shape index (κ3) is 6.62. The molecule has 3 aromatic carbocycles. The first-order valence-electron chi connectivity index (χ1n) is 13.0. The van der Waals surface area contributed by atoms with Crippen molar-refractivity contribution < 1.29 is 4.79 Å². The molecule has 0 saturated carbocycles. The van der Waals surface area contributed by atoms with Gasteiger partial charge >= 0.3 is 0 Å². The summed E-state index contributed by atoms with van der Waals surface area (Å²) in [6.07, 6.45) is 1.43. The van der Waals surface area contributed by atoms with Crippen molar-refractivity contribution in [2.45, 2.75) is 58.0 Å². The van der Waals surface area contributed by atoms with Gasteiger partial charge in [0.1, 0.15) is 0 Å². The lowest BCUT2D eigenvalue weighted by molar-refractivity contribution is -0.124. The second-order valence-electron chi connectivity index (χ2n) is 10.1.